The van der Waals surface area contributed by atoms with Gasteiger partial charge in [-0.2, -0.15) is 0 Å². The maximum Gasteiger partial charge on any atom is 0.148 e. The molecule has 0 radical (unpaired) electrons. The van der Waals surface area contributed by atoms with Gasteiger partial charge in [0.25, 0.3) is 0 Å². The van der Waals surface area contributed by atoms with Gasteiger partial charge in [-0.25, -0.2) is 0 Å². The van der Waals surface area contributed by atoms with E-state index in [4.69, 9.17) is 9.84 Å². The quantitative estimate of drug-likeness (QED) is 0.846. The smallest absolute Gasteiger partial charge is 0.148 e. The number of hydrogen-bond donors (Lipinski definition) is 2. The molecule has 1 aliphatic carbocycles. The Labute approximate surface area is 123 Å². The summed E-state index contributed by atoms with van der Waals surface area (Å²) in [6.45, 7) is -0.0104. The molecule has 0 amide bonds. The van der Waals surface area contributed by atoms with Gasteiger partial charge in [0.05, 0.1) is 21.7 Å². The third-order valence-corrected chi connectivity index (χ3v) is 4.36. The van der Waals surface area contributed by atoms with E-state index >= 15 is 0 Å². The predicted octanol–water partition coefficient (Wildman–Crippen LogP) is 3.39. The van der Waals surface area contributed by atoms with E-state index in [-0.39, 0.29) is 12.7 Å². The Hall–Kier alpha value is -0.100. The molecule has 2 rings (SSSR count). The Morgan fingerprint density at radius 2 is 1.78 bits per heavy atom. The van der Waals surface area contributed by atoms with E-state index < -0.39 is 6.10 Å². The summed E-state index contributed by atoms with van der Waals surface area (Å²) in [6, 6.07) is 3.66. The van der Waals surface area contributed by atoms with Gasteiger partial charge in [0, 0.05) is 0 Å². The van der Waals surface area contributed by atoms with Gasteiger partial charge in [-0.1, -0.05) is 6.42 Å². The first-order chi connectivity index (χ1) is 8.61. The molecule has 1 aliphatic rings. The van der Waals surface area contributed by atoms with Crippen LogP contribution in [0, 0.1) is 0 Å². The highest BCUT2D eigenvalue weighted by molar-refractivity contribution is 9.11. The maximum atomic E-state index is 9.92. The lowest BCUT2D eigenvalue weighted by Gasteiger charge is -2.29. The van der Waals surface area contributed by atoms with Crippen molar-refractivity contribution in [1.82, 2.24) is 0 Å². The van der Waals surface area contributed by atoms with Gasteiger partial charge >= 0.3 is 0 Å². The number of aliphatic hydroxyl groups is 2. The molecule has 0 spiro atoms. The Morgan fingerprint density at radius 3 is 2.33 bits per heavy atom. The highest BCUT2D eigenvalue weighted by Gasteiger charge is 2.26. The van der Waals surface area contributed by atoms with Gasteiger partial charge in [-0.15, -0.1) is 0 Å². The number of hydrogen-bond acceptors (Lipinski definition) is 3. The highest BCUT2D eigenvalue weighted by atomic mass is 79.9. The van der Waals surface area contributed by atoms with E-state index in [9.17, 15) is 5.11 Å². The van der Waals surface area contributed by atoms with Crippen LogP contribution in [0.4, 0.5) is 0 Å². The van der Waals surface area contributed by atoms with Gasteiger partial charge in [-0.3, -0.25) is 0 Å². The molecule has 0 aromatic heterocycles. The Morgan fingerprint density at radius 1 is 1.17 bits per heavy atom. The summed E-state index contributed by atoms with van der Waals surface area (Å²) in [4.78, 5) is 0. The predicted molar refractivity (Wildman–Crippen MR) is 76.7 cm³/mol. The van der Waals surface area contributed by atoms with Gasteiger partial charge in [0.15, 0.2) is 0 Å². The fourth-order valence-corrected chi connectivity index (χ4v) is 3.65. The molecule has 2 unspecified atom stereocenters. The SMILES string of the molecule is OCc1cc(Br)c(OC2CCCCC2O)c(Br)c1. The van der Waals surface area contributed by atoms with E-state index in [1.165, 1.54) is 0 Å². The molecular weight excluding hydrogens is 364 g/mol. The first-order valence-electron chi connectivity index (χ1n) is 6.05. The first-order valence-corrected chi connectivity index (χ1v) is 7.64. The van der Waals surface area contributed by atoms with Gasteiger partial charge < -0.3 is 14.9 Å². The molecule has 3 nitrogen and oxygen atoms in total. The lowest BCUT2D eigenvalue weighted by molar-refractivity contribution is 0.00607. The topological polar surface area (TPSA) is 49.7 Å². The minimum absolute atomic E-state index is 0.0104. The Bertz CT molecular complexity index is 400. The largest absolute Gasteiger partial charge is 0.485 e. The lowest BCUT2D eigenvalue weighted by Crippen LogP contribution is -2.34. The molecule has 0 saturated heterocycles. The highest BCUT2D eigenvalue weighted by Crippen LogP contribution is 2.37. The van der Waals surface area contributed by atoms with Crippen LogP contribution in [0.2, 0.25) is 0 Å². The van der Waals surface area contributed by atoms with Crippen LogP contribution in [0.5, 0.6) is 5.75 Å². The summed E-state index contributed by atoms with van der Waals surface area (Å²) in [5.41, 5.74) is 0.810. The fraction of sp³-hybridized carbons (Fsp3) is 0.538. The van der Waals surface area contributed by atoms with E-state index in [2.05, 4.69) is 31.9 Å². The summed E-state index contributed by atoms with van der Waals surface area (Å²) in [6.07, 6.45) is 3.29. The molecule has 1 saturated carbocycles. The van der Waals surface area contributed by atoms with Crippen molar-refractivity contribution in [1.29, 1.82) is 0 Å². The number of aliphatic hydroxyl groups excluding tert-OH is 2. The second-order valence-electron chi connectivity index (χ2n) is 4.55. The van der Waals surface area contributed by atoms with Gasteiger partial charge in [-0.05, 0) is 68.8 Å². The third-order valence-electron chi connectivity index (χ3n) is 3.18. The molecule has 0 bridgehead atoms. The van der Waals surface area contributed by atoms with Crippen molar-refractivity contribution < 1.29 is 14.9 Å². The van der Waals surface area contributed by atoms with Crippen LogP contribution in [0.1, 0.15) is 31.2 Å². The molecule has 1 aromatic rings. The minimum atomic E-state index is -0.393. The van der Waals surface area contributed by atoms with E-state index in [0.717, 1.165) is 40.2 Å². The third kappa shape index (κ3) is 3.26. The number of benzene rings is 1. The van der Waals surface area contributed by atoms with Crippen LogP contribution in [0.15, 0.2) is 21.1 Å². The number of halogens is 2. The Balaban J connectivity index is 2.18. The summed E-state index contributed by atoms with van der Waals surface area (Å²) >= 11 is 6.88. The normalized spacial score (nSPS) is 24.0. The monoisotopic (exact) mass is 378 g/mol. The first kappa shape index (κ1) is 14.3. The summed E-state index contributed by atoms with van der Waals surface area (Å²) in [7, 11) is 0. The molecule has 2 atom stereocenters. The summed E-state index contributed by atoms with van der Waals surface area (Å²) < 4.78 is 7.48. The molecule has 2 N–H and O–H groups in total. The van der Waals surface area contributed by atoms with Crippen LogP contribution in [0.25, 0.3) is 0 Å². The molecule has 1 fully saturated rings. The second kappa shape index (κ2) is 6.37. The lowest BCUT2D eigenvalue weighted by atomic mass is 9.95. The molecule has 1 aromatic carbocycles. The number of rotatable bonds is 3. The van der Waals surface area contributed by atoms with Crippen LogP contribution < -0.4 is 4.74 Å². The van der Waals surface area contributed by atoms with Crippen molar-refractivity contribution in [2.45, 2.75) is 44.5 Å². The van der Waals surface area contributed by atoms with E-state index in [1.807, 2.05) is 12.1 Å². The average molecular weight is 380 g/mol. The molecule has 18 heavy (non-hydrogen) atoms. The molecule has 5 heteroatoms. The number of ether oxygens (including phenoxy) is 1. The minimum Gasteiger partial charge on any atom is -0.485 e. The van der Waals surface area contributed by atoms with Crippen LogP contribution in [-0.4, -0.2) is 22.4 Å². The summed E-state index contributed by atoms with van der Waals surface area (Å²) in [5, 5.41) is 19.0. The zero-order valence-corrected chi connectivity index (χ0v) is 13.1. The molecular formula is C13H16Br2O3. The van der Waals surface area contributed by atoms with Gasteiger partial charge in [0.2, 0.25) is 0 Å². The van der Waals surface area contributed by atoms with Crippen molar-refractivity contribution in [2.24, 2.45) is 0 Å². The van der Waals surface area contributed by atoms with Crippen molar-refractivity contribution in [3.63, 3.8) is 0 Å². The Kier molecular flexibility index (Phi) is 5.06. The maximum absolute atomic E-state index is 9.92. The molecule has 0 heterocycles. The summed E-state index contributed by atoms with van der Waals surface area (Å²) in [5.74, 6) is 0.693. The van der Waals surface area contributed by atoms with Crippen molar-refractivity contribution in [3.05, 3.63) is 26.6 Å². The van der Waals surface area contributed by atoms with Gasteiger partial charge in [0.1, 0.15) is 11.9 Å². The standard InChI is InChI=1S/C13H16Br2O3/c14-9-5-8(7-16)6-10(15)13(9)18-12-4-2-1-3-11(12)17/h5-6,11-12,16-17H,1-4,7H2. The second-order valence-corrected chi connectivity index (χ2v) is 6.26. The van der Waals surface area contributed by atoms with Crippen LogP contribution in [0.3, 0.4) is 0 Å². The van der Waals surface area contributed by atoms with E-state index in [1.54, 1.807) is 0 Å². The van der Waals surface area contributed by atoms with Crippen molar-refractivity contribution in [3.8, 4) is 5.75 Å². The fourth-order valence-electron chi connectivity index (χ4n) is 2.18. The van der Waals surface area contributed by atoms with Crippen LogP contribution in [-0.2, 0) is 6.61 Å². The average Bonchev–Trinajstić information content (AvgIpc) is 2.35. The van der Waals surface area contributed by atoms with E-state index in [0.29, 0.717) is 5.75 Å². The molecule has 100 valence electrons. The van der Waals surface area contributed by atoms with Crippen molar-refractivity contribution >= 4 is 31.9 Å². The van der Waals surface area contributed by atoms with Crippen LogP contribution >= 0.6 is 31.9 Å². The molecule has 0 aliphatic heterocycles. The van der Waals surface area contributed by atoms with Crippen molar-refractivity contribution in [2.75, 3.05) is 0 Å². The zero-order chi connectivity index (χ0) is 13.1. The zero-order valence-electron chi connectivity index (χ0n) is 9.90.